The number of rotatable bonds is 7. The summed E-state index contributed by atoms with van der Waals surface area (Å²) in [5, 5.41) is 3.31. The molecule has 0 aliphatic heterocycles. The van der Waals surface area contributed by atoms with E-state index in [2.05, 4.69) is 26.0 Å². The summed E-state index contributed by atoms with van der Waals surface area (Å²) in [6.45, 7) is 1.47. The third-order valence-corrected chi connectivity index (χ3v) is 4.13. The molecule has 8 heteroatoms. The molecule has 1 atom stereocenters. The summed E-state index contributed by atoms with van der Waals surface area (Å²) in [5.74, 6) is 0.225. The Bertz CT molecular complexity index is 782. The summed E-state index contributed by atoms with van der Waals surface area (Å²) in [6, 6.07) is 11.7. The minimum Gasteiger partial charge on any atom is -0.482 e. The molecule has 0 saturated carbocycles. The molecular formula is C18H17BrClNO5. The van der Waals surface area contributed by atoms with Crippen LogP contribution in [0, 0.1) is 0 Å². The maximum atomic E-state index is 12.3. The van der Waals surface area contributed by atoms with Gasteiger partial charge in [0.05, 0.1) is 11.6 Å². The predicted molar refractivity (Wildman–Crippen MR) is 102 cm³/mol. The van der Waals surface area contributed by atoms with Crippen LogP contribution in [-0.2, 0) is 14.3 Å². The molecule has 0 spiro atoms. The zero-order chi connectivity index (χ0) is 19.1. The molecule has 0 fully saturated rings. The van der Waals surface area contributed by atoms with Crippen molar-refractivity contribution in [1.82, 2.24) is 0 Å². The second-order valence-electron chi connectivity index (χ2n) is 5.21. The molecule has 2 rings (SSSR count). The van der Waals surface area contributed by atoms with Gasteiger partial charge in [-0.1, -0.05) is 11.6 Å². The topological polar surface area (TPSA) is 73.9 Å². The van der Waals surface area contributed by atoms with Gasteiger partial charge in [0.25, 0.3) is 5.91 Å². The van der Waals surface area contributed by atoms with Crippen LogP contribution in [-0.4, -0.2) is 31.7 Å². The Labute approximate surface area is 164 Å². The summed E-state index contributed by atoms with van der Waals surface area (Å²) in [4.78, 5) is 23.3. The summed E-state index contributed by atoms with van der Waals surface area (Å²) < 4.78 is 16.0. The van der Waals surface area contributed by atoms with Crippen molar-refractivity contribution in [3.05, 3.63) is 52.0 Å². The molecule has 26 heavy (non-hydrogen) atoms. The van der Waals surface area contributed by atoms with Crippen molar-refractivity contribution in [2.45, 2.75) is 13.0 Å². The van der Waals surface area contributed by atoms with E-state index in [9.17, 15) is 9.59 Å². The smallest absolute Gasteiger partial charge is 0.343 e. The summed E-state index contributed by atoms with van der Waals surface area (Å²) in [6.07, 6.45) is -0.720. The van der Waals surface area contributed by atoms with E-state index in [-0.39, 0.29) is 12.5 Å². The number of amides is 1. The van der Waals surface area contributed by atoms with E-state index in [0.29, 0.717) is 26.7 Å². The highest BCUT2D eigenvalue weighted by Crippen LogP contribution is 2.29. The normalized spacial score (nSPS) is 11.4. The number of carbonyl (C=O) groups excluding carboxylic acids is 2. The van der Waals surface area contributed by atoms with Crippen LogP contribution in [0.5, 0.6) is 11.5 Å². The Morgan fingerprint density at radius 3 is 2.50 bits per heavy atom. The third kappa shape index (κ3) is 5.93. The van der Waals surface area contributed by atoms with Crippen molar-refractivity contribution < 1.29 is 23.8 Å². The number of hydrogen-bond donors (Lipinski definition) is 1. The fourth-order valence-corrected chi connectivity index (χ4v) is 2.67. The average molecular weight is 443 g/mol. The first-order valence-corrected chi connectivity index (χ1v) is 8.78. The minimum absolute atomic E-state index is 0.178. The standard InChI is InChI=1S/C18H17BrClNO5/c1-11(26-16-8-3-12(20)9-15(16)19)18(23)21-13-4-6-14(7-5-13)25-10-17(22)24-2/h3-9,11H,10H2,1-2H3,(H,21,23). The van der Waals surface area contributed by atoms with Gasteiger partial charge in [0.1, 0.15) is 11.5 Å². The number of esters is 1. The molecule has 0 aliphatic rings. The quantitative estimate of drug-likeness (QED) is 0.655. The van der Waals surface area contributed by atoms with Crippen molar-refractivity contribution in [1.29, 1.82) is 0 Å². The predicted octanol–water partition coefficient (Wildman–Crippen LogP) is 4.06. The zero-order valence-electron chi connectivity index (χ0n) is 14.1. The van der Waals surface area contributed by atoms with Crippen LogP contribution in [0.25, 0.3) is 0 Å². The van der Waals surface area contributed by atoms with Gasteiger partial charge in [0, 0.05) is 10.7 Å². The van der Waals surface area contributed by atoms with Gasteiger partial charge in [0.15, 0.2) is 12.7 Å². The number of hydrogen-bond acceptors (Lipinski definition) is 5. The molecule has 0 saturated heterocycles. The van der Waals surface area contributed by atoms with E-state index >= 15 is 0 Å². The Balaban J connectivity index is 1.90. The van der Waals surface area contributed by atoms with Crippen LogP contribution in [0.15, 0.2) is 46.9 Å². The van der Waals surface area contributed by atoms with Crippen LogP contribution in [0.4, 0.5) is 5.69 Å². The summed E-state index contributed by atoms with van der Waals surface area (Å²) in [5.41, 5.74) is 0.575. The zero-order valence-corrected chi connectivity index (χ0v) is 16.5. The van der Waals surface area contributed by atoms with E-state index in [1.54, 1.807) is 49.4 Å². The Morgan fingerprint density at radius 1 is 1.19 bits per heavy atom. The van der Waals surface area contributed by atoms with Crippen LogP contribution in [0.1, 0.15) is 6.92 Å². The van der Waals surface area contributed by atoms with Gasteiger partial charge in [-0.25, -0.2) is 4.79 Å². The lowest BCUT2D eigenvalue weighted by Crippen LogP contribution is -2.30. The lowest BCUT2D eigenvalue weighted by atomic mass is 10.2. The fourth-order valence-electron chi connectivity index (χ4n) is 1.89. The van der Waals surface area contributed by atoms with Crippen LogP contribution < -0.4 is 14.8 Å². The number of nitrogens with one attached hydrogen (secondary N) is 1. The van der Waals surface area contributed by atoms with Gasteiger partial charge in [-0.2, -0.15) is 0 Å². The SMILES string of the molecule is COC(=O)COc1ccc(NC(=O)C(C)Oc2ccc(Cl)cc2Br)cc1. The second-order valence-corrected chi connectivity index (χ2v) is 6.50. The molecule has 1 N–H and O–H groups in total. The maximum Gasteiger partial charge on any atom is 0.343 e. The number of ether oxygens (including phenoxy) is 3. The van der Waals surface area contributed by atoms with Crippen molar-refractivity contribution in [2.24, 2.45) is 0 Å². The molecule has 1 unspecified atom stereocenters. The second kappa shape index (κ2) is 9.45. The van der Waals surface area contributed by atoms with Crippen molar-refractivity contribution in [3.8, 4) is 11.5 Å². The number of benzene rings is 2. The highest BCUT2D eigenvalue weighted by molar-refractivity contribution is 9.10. The molecule has 6 nitrogen and oxygen atoms in total. The lowest BCUT2D eigenvalue weighted by molar-refractivity contribution is -0.142. The summed E-state index contributed by atoms with van der Waals surface area (Å²) >= 11 is 9.22. The van der Waals surface area contributed by atoms with Gasteiger partial charge >= 0.3 is 5.97 Å². The first kappa shape index (κ1) is 20.1. The van der Waals surface area contributed by atoms with Gasteiger partial charge in [0.2, 0.25) is 0 Å². The minimum atomic E-state index is -0.720. The highest BCUT2D eigenvalue weighted by Gasteiger charge is 2.16. The van der Waals surface area contributed by atoms with E-state index in [1.165, 1.54) is 7.11 Å². The Kier molecular flexibility index (Phi) is 7.29. The molecule has 0 aliphatic carbocycles. The molecule has 0 radical (unpaired) electrons. The molecule has 138 valence electrons. The number of anilines is 1. The Hall–Kier alpha value is -2.25. The van der Waals surface area contributed by atoms with Gasteiger partial charge in [-0.05, 0) is 65.3 Å². The molecule has 1 amide bonds. The molecule has 0 aromatic heterocycles. The van der Waals surface area contributed by atoms with E-state index in [0.717, 1.165) is 0 Å². The first-order chi connectivity index (χ1) is 12.4. The molecule has 2 aromatic rings. The van der Waals surface area contributed by atoms with Crippen LogP contribution >= 0.6 is 27.5 Å². The number of carbonyl (C=O) groups is 2. The fraction of sp³-hybridized carbons (Fsp3) is 0.222. The maximum absolute atomic E-state index is 12.3. The van der Waals surface area contributed by atoms with E-state index < -0.39 is 12.1 Å². The lowest BCUT2D eigenvalue weighted by Gasteiger charge is -2.16. The Morgan fingerprint density at radius 2 is 1.88 bits per heavy atom. The van der Waals surface area contributed by atoms with Crippen molar-refractivity contribution in [3.63, 3.8) is 0 Å². The molecule has 0 heterocycles. The van der Waals surface area contributed by atoms with E-state index in [4.69, 9.17) is 21.1 Å². The number of methoxy groups -OCH3 is 1. The van der Waals surface area contributed by atoms with E-state index in [1.807, 2.05) is 0 Å². The van der Waals surface area contributed by atoms with Gasteiger partial charge in [-0.3, -0.25) is 4.79 Å². The number of halogens is 2. The third-order valence-electron chi connectivity index (χ3n) is 3.27. The molecule has 0 bridgehead atoms. The first-order valence-electron chi connectivity index (χ1n) is 7.61. The van der Waals surface area contributed by atoms with Crippen LogP contribution in [0.2, 0.25) is 5.02 Å². The summed E-state index contributed by atoms with van der Waals surface area (Å²) in [7, 11) is 1.29. The molecular weight excluding hydrogens is 426 g/mol. The molecule has 2 aromatic carbocycles. The highest BCUT2D eigenvalue weighted by atomic mass is 79.9. The van der Waals surface area contributed by atoms with Crippen molar-refractivity contribution >= 4 is 45.1 Å². The van der Waals surface area contributed by atoms with Gasteiger partial charge in [-0.15, -0.1) is 0 Å². The van der Waals surface area contributed by atoms with Crippen LogP contribution in [0.3, 0.4) is 0 Å². The van der Waals surface area contributed by atoms with Crippen molar-refractivity contribution in [2.75, 3.05) is 19.0 Å². The van der Waals surface area contributed by atoms with Gasteiger partial charge < -0.3 is 19.5 Å². The largest absolute Gasteiger partial charge is 0.482 e. The monoisotopic (exact) mass is 441 g/mol. The average Bonchev–Trinajstić information content (AvgIpc) is 2.63.